The fraction of sp³-hybridized carbons (Fsp3) is 0.409. The van der Waals surface area contributed by atoms with Crippen LogP contribution in [0.2, 0.25) is 0 Å². The predicted molar refractivity (Wildman–Crippen MR) is 108 cm³/mol. The smallest absolute Gasteiger partial charge is 0.170 e. The standard InChI is InChI=1S/C22H26N2O4/c1-14-13-24(9-8-23-14)16-5-7-19-17(11-16)18(25)12-21(28-19)15-4-6-20(26-2)22(10-15)27-3/h4-7,10-11,14,21,23H,8-9,12-13H2,1-3H3/t14-,21?/m1/s1. The number of ketones is 1. The van der Waals surface area contributed by atoms with E-state index >= 15 is 0 Å². The van der Waals surface area contributed by atoms with E-state index in [0.717, 1.165) is 30.9 Å². The molecule has 0 bridgehead atoms. The summed E-state index contributed by atoms with van der Waals surface area (Å²) in [5.41, 5.74) is 2.64. The van der Waals surface area contributed by atoms with Gasteiger partial charge in [0.25, 0.3) is 0 Å². The number of rotatable bonds is 4. The van der Waals surface area contributed by atoms with Crippen molar-refractivity contribution in [1.29, 1.82) is 0 Å². The molecule has 148 valence electrons. The molecule has 6 heteroatoms. The van der Waals surface area contributed by atoms with Gasteiger partial charge in [0, 0.05) is 31.4 Å². The Morgan fingerprint density at radius 3 is 2.68 bits per heavy atom. The number of hydrogen-bond donors (Lipinski definition) is 1. The number of Topliss-reactive ketones (excluding diaryl/α,β-unsaturated/α-hetero) is 1. The zero-order chi connectivity index (χ0) is 19.7. The Balaban J connectivity index is 1.58. The predicted octanol–water partition coefficient (Wildman–Crippen LogP) is 3.21. The van der Waals surface area contributed by atoms with E-state index in [1.165, 1.54) is 0 Å². The number of carbonyl (C=O) groups excluding carboxylic acids is 1. The van der Waals surface area contributed by atoms with Crippen molar-refractivity contribution in [2.24, 2.45) is 0 Å². The quantitative estimate of drug-likeness (QED) is 0.876. The lowest BCUT2D eigenvalue weighted by Crippen LogP contribution is -2.49. The molecule has 28 heavy (non-hydrogen) atoms. The van der Waals surface area contributed by atoms with Gasteiger partial charge in [-0.25, -0.2) is 0 Å². The van der Waals surface area contributed by atoms with Crippen LogP contribution in [0.25, 0.3) is 0 Å². The third-order valence-corrected chi connectivity index (χ3v) is 5.42. The van der Waals surface area contributed by atoms with E-state index in [0.29, 0.717) is 35.3 Å². The Hall–Kier alpha value is -2.73. The Kier molecular flexibility index (Phi) is 5.13. The average molecular weight is 382 g/mol. The minimum Gasteiger partial charge on any atom is -0.493 e. The molecule has 2 aliphatic rings. The maximum Gasteiger partial charge on any atom is 0.170 e. The summed E-state index contributed by atoms with van der Waals surface area (Å²) < 4.78 is 16.8. The van der Waals surface area contributed by atoms with E-state index in [9.17, 15) is 4.79 Å². The van der Waals surface area contributed by atoms with Gasteiger partial charge in [0.15, 0.2) is 17.3 Å². The summed E-state index contributed by atoms with van der Waals surface area (Å²) in [5.74, 6) is 2.03. The summed E-state index contributed by atoms with van der Waals surface area (Å²) in [5, 5.41) is 3.44. The fourth-order valence-electron chi connectivity index (χ4n) is 3.91. The third-order valence-electron chi connectivity index (χ3n) is 5.42. The molecular weight excluding hydrogens is 356 g/mol. The van der Waals surface area contributed by atoms with Crippen LogP contribution in [0, 0.1) is 0 Å². The first-order chi connectivity index (χ1) is 13.6. The van der Waals surface area contributed by atoms with Crippen LogP contribution in [0.5, 0.6) is 17.2 Å². The molecule has 2 aromatic carbocycles. The average Bonchev–Trinajstić information content (AvgIpc) is 2.73. The molecule has 0 spiro atoms. The summed E-state index contributed by atoms with van der Waals surface area (Å²) in [4.78, 5) is 15.2. The summed E-state index contributed by atoms with van der Waals surface area (Å²) in [6, 6.07) is 12.0. The van der Waals surface area contributed by atoms with Crippen molar-refractivity contribution in [3.8, 4) is 17.2 Å². The Morgan fingerprint density at radius 2 is 1.93 bits per heavy atom. The van der Waals surface area contributed by atoms with Crippen LogP contribution in [-0.2, 0) is 0 Å². The SMILES string of the molecule is COc1ccc(C2CC(=O)c3cc(N4CCN[C@H](C)C4)ccc3O2)cc1OC. The molecule has 0 aliphatic carbocycles. The Bertz CT molecular complexity index is 883. The number of ether oxygens (including phenoxy) is 3. The molecule has 4 rings (SSSR count). The van der Waals surface area contributed by atoms with E-state index < -0.39 is 0 Å². The van der Waals surface area contributed by atoms with Crippen LogP contribution in [0.15, 0.2) is 36.4 Å². The van der Waals surface area contributed by atoms with Crippen LogP contribution in [0.1, 0.15) is 35.4 Å². The molecule has 1 unspecified atom stereocenters. The van der Waals surface area contributed by atoms with Crippen LogP contribution in [-0.4, -0.2) is 45.7 Å². The number of methoxy groups -OCH3 is 2. The summed E-state index contributed by atoms with van der Waals surface area (Å²) in [7, 11) is 3.20. The molecule has 1 saturated heterocycles. The summed E-state index contributed by atoms with van der Waals surface area (Å²) in [6.07, 6.45) is -0.0194. The highest BCUT2D eigenvalue weighted by Gasteiger charge is 2.29. The molecule has 0 saturated carbocycles. The van der Waals surface area contributed by atoms with Gasteiger partial charge in [-0.1, -0.05) is 6.07 Å². The zero-order valence-corrected chi connectivity index (χ0v) is 16.5. The number of carbonyl (C=O) groups is 1. The van der Waals surface area contributed by atoms with Gasteiger partial charge in [0.1, 0.15) is 11.9 Å². The number of anilines is 1. The molecule has 0 amide bonds. The first-order valence-corrected chi connectivity index (χ1v) is 9.63. The molecule has 2 aliphatic heterocycles. The minimum absolute atomic E-state index is 0.103. The molecule has 6 nitrogen and oxygen atoms in total. The van der Waals surface area contributed by atoms with Crippen molar-refractivity contribution in [1.82, 2.24) is 5.32 Å². The van der Waals surface area contributed by atoms with Crippen molar-refractivity contribution in [3.63, 3.8) is 0 Å². The van der Waals surface area contributed by atoms with Gasteiger partial charge in [-0.15, -0.1) is 0 Å². The number of piperazine rings is 1. The van der Waals surface area contributed by atoms with Crippen molar-refractivity contribution < 1.29 is 19.0 Å². The van der Waals surface area contributed by atoms with Gasteiger partial charge < -0.3 is 24.4 Å². The third kappa shape index (κ3) is 3.52. The molecule has 0 radical (unpaired) electrons. The van der Waals surface area contributed by atoms with Gasteiger partial charge in [-0.2, -0.15) is 0 Å². The minimum atomic E-state index is -0.329. The van der Waals surface area contributed by atoms with Crippen LogP contribution < -0.4 is 24.4 Å². The molecule has 2 heterocycles. The van der Waals surface area contributed by atoms with E-state index in [-0.39, 0.29) is 11.9 Å². The lowest BCUT2D eigenvalue weighted by Gasteiger charge is -2.34. The van der Waals surface area contributed by atoms with Gasteiger partial charge in [-0.3, -0.25) is 4.79 Å². The maximum atomic E-state index is 12.9. The van der Waals surface area contributed by atoms with Crippen molar-refractivity contribution >= 4 is 11.5 Å². The van der Waals surface area contributed by atoms with Crippen molar-refractivity contribution in [2.75, 3.05) is 38.8 Å². The van der Waals surface area contributed by atoms with Gasteiger partial charge in [-0.05, 0) is 42.8 Å². The fourth-order valence-corrected chi connectivity index (χ4v) is 3.91. The normalized spacial score (nSPS) is 21.7. The Morgan fingerprint density at radius 1 is 1.11 bits per heavy atom. The molecule has 2 aromatic rings. The van der Waals surface area contributed by atoms with Crippen LogP contribution >= 0.6 is 0 Å². The van der Waals surface area contributed by atoms with Crippen LogP contribution in [0.3, 0.4) is 0 Å². The highest BCUT2D eigenvalue weighted by molar-refractivity contribution is 6.01. The summed E-state index contributed by atoms with van der Waals surface area (Å²) >= 11 is 0. The van der Waals surface area contributed by atoms with Crippen molar-refractivity contribution in [2.45, 2.75) is 25.5 Å². The number of nitrogens with zero attached hydrogens (tertiary/aromatic N) is 1. The second kappa shape index (κ2) is 7.72. The molecule has 0 aromatic heterocycles. The molecule has 1 N–H and O–H groups in total. The number of benzene rings is 2. The van der Waals surface area contributed by atoms with Gasteiger partial charge >= 0.3 is 0 Å². The van der Waals surface area contributed by atoms with Crippen molar-refractivity contribution in [3.05, 3.63) is 47.5 Å². The second-order valence-electron chi connectivity index (χ2n) is 7.33. The molecule has 2 atom stereocenters. The lowest BCUT2D eigenvalue weighted by atomic mass is 9.95. The first-order valence-electron chi connectivity index (χ1n) is 9.63. The van der Waals surface area contributed by atoms with E-state index in [1.54, 1.807) is 14.2 Å². The monoisotopic (exact) mass is 382 g/mol. The lowest BCUT2D eigenvalue weighted by molar-refractivity contribution is 0.0850. The Labute approximate surface area is 165 Å². The highest BCUT2D eigenvalue weighted by Crippen LogP contribution is 2.39. The number of hydrogen-bond acceptors (Lipinski definition) is 6. The summed E-state index contributed by atoms with van der Waals surface area (Å²) in [6.45, 7) is 4.99. The van der Waals surface area contributed by atoms with E-state index in [1.807, 2.05) is 36.4 Å². The molecule has 1 fully saturated rings. The van der Waals surface area contributed by atoms with Gasteiger partial charge in [0.05, 0.1) is 26.2 Å². The number of nitrogens with one attached hydrogen (secondary N) is 1. The number of fused-ring (bicyclic) bond motifs is 1. The largest absolute Gasteiger partial charge is 0.493 e. The highest BCUT2D eigenvalue weighted by atomic mass is 16.5. The second-order valence-corrected chi connectivity index (χ2v) is 7.33. The van der Waals surface area contributed by atoms with Crippen LogP contribution in [0.4, 0.5) is 5.69 Å². The first kappa shape index (κ1) is 18.6. The zero-order valence-electron chi connectivity index (χ0n) is 16.5. The van der Waals surface area contributed by atoms with E-state index in [4.69, 9.17) is 14.2 Å². The topological polar surface area (TPSA) is 60.0 Å². The molecular formula is C22H26N2O4. The van der Waals surface area contributed by atoms with E-state index in [2.05, 4.69) is 17.1 Å². The maximum absolute atomic E-state index is 12.9. The van der Waals surface area contributed by atoms with Gasteiger partial charge in [0.2, 0.25) is 0 Å².